The van der Waals surface area contributed by atoms with E-state index >= 15 is 0 Å². The van der Waals surface area contributed by atoms with Crippen LogP contribution in [0.25, 0.3) is 0 Å². The summed E-state index contributed by atoms with van der Waals surface area (Å²) in [5.74, 6) is -0.172. The van der Waals surface area contributed by atoms with E-state index in [2.05, 4.69) is 29.1 Å². The van der Waals surface area contributed by atoms with Crippen molar-refractivity contribution in [3.05, 3.63) is 58.1 Å². The van der Waals surface area contributed by atoms with Gasteiger partial charge < -0.3 is 10.1 Å². The molecule has 0 aliphatic carbocycles. The summed E-state index contributed by atoms with van der Waals surface area (Å²) in [6, 6.07) is 8.29. The van der Waals surface area contributed by atoms with Crippen molar-refractivity contribution in [2.24, 2.45) is 0 Å². The molecule has 0 aliphatic rings. The van der Waals surface area contributed by atoms with E-state index in [1.54, 1.807) is 6.07 Å². The SMILES string of the molecule is CNS(=O)(=O)c1cc(C(=O)N[C@H](C)c2cc(C)c(C)cc2C)ccc1OC. The highest BCUT2D eigenvalue weighted by atomic mass is 32.2. The molecule has 0 heterocycles. The summed E-state index contributed by atoms with van der Waals surface area (Å²) < 4.78 is 31.7. The second-order valence-corrected chi connectivity index (χ2v) is 8.42. The van der Waals surface area contributed by atoms with Crippen LogP contribution in [-0.4, -0.2) is 28.5 Å². The van der Waals surface area contributed by atoms with Gasteiger partial charge in [0.15, 0.2) is 0 Å². The lowest BCUT2D eigenvalue weighted by Gasteiger charge is -2.19. The second-order valence-electron chi connectivity index (χ2n) is 6.56. The monoisotopic (exact) mass is 390 g/mol. The van der Waals surface area contributed by atoms with Crippen LogP contribution in [0.15, 0.2) is 35.2 Å². The summed E-state index contributed by atoms with van der Waals surface area (Å²) in [5.41, 5.74) is 4.73. The number of amides is 1. The Morgan fingerprint density at radius 3 is 2.26 bits per heavy atom. The fraction of sp³-hybridized carbons (Fsp3) is 0.350. The molecule has 1 atom stereocenters. The summed E-state index contributed by atoms with van der Waals surface area (Å²) in [4.78, 5) is 12.6. The zero-order valence-electron chi connectivity index (χ0n) is 16.5. The Kier molecular flexibility index (Phi) is 6.28. The van der Waals surface area contributed by atoms with E-state index in [1.165, 1.54) is 31.9 Å². The van der Waals surface area contributed by atoms with Crippen molar-refractivity contribution >= 4 is 15.9 Å². The number of rotatable bonds is 6. The van der Waals surface area contributed by atoms with Crippen LogP contribution in [0, 0.1) is 20.8 Å². The molecule has 2 aromatic carbocycles. The van der Waals surface area contributed by atoms with Crippen LogP contribution in [0.1, 0.15) is 45.6 Å². The van der Waals surface area contributed by atoms with Crippen LogP contribution in [0.5, 0.6) is 5.75 Å². The van der Waals surface area contributed by atoms with Gasteiger partial charge >= 0.3 is 0 Å². The number of carbonyl (C=O) groups is 1. The molecule has 0 bridgehead atoms. The Bertz CT molecular complexity index is 968. The maximum Gasteiger partial charge on any atom is 0.251 e. The Balaban J connectivity index is 2.33. The van der Waals surface area contributed by atoms with Gasteiger partial charge in [-0.3, -0.25) is 4.79 Å². The number of hydrogen-bond donors (Lipinski definition) is 2. The van der Waals surface area contributed by atoms with Crippen LogP contribution in [0.4, 0.5) is 0 Å². The lowest BCUT2D eigenvalue weighted by molar-refractivity contribution is 0.0939. The molecule has 0 fully saturated rings. The number of hydrogen-bond acceptors (Lipinski definition) is 4. The number of aryl methyl sites for hydroxylation is 3. The predicted octanol–water partition coefficient (Wildman–Crippen LogP) is 3.02. The molecule has 0 saturated carbocycles. The Morgan fingerprint density at radius 1 is 1.04 bits per heavy atom. The third-order valence-corrected chi connectivity index (χ3v) is 6.12. The molecule has 7 heteroatoms. The van der Waals surface area contributed by atoms with E-state index in [1.807, 2.05) is 20.8 Å². The van der Waals surface area contributed by atoms with Crippen molar-refractivity contribution in [1.82, 2.24) is 10.0 Å². The highest BCUT2D eigenvalue weighted by Crippen LogP contribution is 2.26. The summed E-state index contributed by atoms with van der Waals surface area (Å²) in [7, 11) is -1.05. The molecule has 2 aromatic rings. The number of sulfonamides is 1. The summed E-state index contributed by atoms with van der Waals surface area (Å²) in [5, 5.41) is 2.94. The van der Waals surface area contributed by atoms with E-state index in [0.717, 1.165) is 16.7 Å². The van der Waals surface area contributed by atoms with Gasteiger partial charge in [-0.25, -0.2) is 13.1 Å². The maximum atomic E-state index is 12.7. The number of carbonyl (C=O) groups excluding carboxylic acids is 1. The Hall–Kier alpha value is -2.38. The smallest absolute Gasteiger partial charge is 0.251 e. The van der Waals surface area contributed by atoms with Gasteiger partial charge in [-0.1, -0.05) is 12.1 Å². The van der Waals surface area contributed by atoms with Gasteiger partial charge in [0.25, 0.3) is 5.91 Å². The Morgan fingerprint density at radius 2 is 1.67 bits per heavy atom. The van der Waals surface area contributed by atoms with Crippen LogP contribution >= 0.6 is 0 Å². The standard InChI is InChI=1S/C20H26N2O4S/c1-12-9-14(3)17(10-13(12)2)15(4)22-20(23)16-7-8-18(26-6)19(11-16)27(24,25)21-5/h7-11,15,21H,1-6H3,(H,22,23)/t15-/m1/s1. The quantitative estimate of drug-likeness (QED) is 0.794. The van der Waals surface area contributed by atoms with Gasteiger partial charge in [0.05, 0.1) is 13.2 Å². The molecular formula is C20H26N2O4S. The Labute approximate surface area is 161 Å². The van der Waals surface area contributed by atoms with E-state index in [4.69, 9.17) is 4.74 Å². The highest BCUT2D eigenvalue weighted by Gasteiger charge is 2.21. The van der Waals surface area contributed by atoms with E-state index < -0.39 is 10.0 Å². The third kappa shape index (κ3) is 4.48. The van der Waals surface area contributed by atoms with E-state index in [0.29, 0.717) is 0 Å². The number of methoxy groups -OCH3 is 1. The largest absolute Gasteiger partial charge is 0.495 e. The first kappa shape index (κ1) is 20.9. The summed E-state index contributed by atoms with van der Waals surface area (Å²) >= 11 is 0. The van der Waals surface area contributed by atoms with Crippen LogP contribution in [-0.2, 0) is 10.0 Å². The fourth-order valence-corrected chi connectivity index (χ4v) is 3.86. The van der Waals surface area contributed by atoms with Crippen molar-refractivity contribution < 1.29 is 17.9 Å². The summed E-state index contributed by atoms with van der Waals surface area (Å²) in [6.45, 7) is 8.00. The van der Waals surface area contributed by atoms with Gasteiger partial charge in [0.2, 0.25) is 10.0 Å². The van der Waals surface area contributed by atoms with Crippen molar-refractivity contribution in [1.29, 1.82) is 0 Å². The van der Waals surface area contributed by atoms with Crippen LogP contribution in [0.3, 0.4) is 0 Å². The van der Waals surface area contributed by atoms with Gasteiger partial charge in [-0.2, -0.15) is 0 Å². The average molecular weight is 391 g/mol. The first-order valence-corrected chi connectivity index (χ1v) is 10.1. The number of nitrogens with one attached hydrogen (secondary N) is 2. The molecule has 2 rings (SSSR count). The van der Waals surface area contributed by atoms with Gasteiger partial charge in [0, 0.05) is 5.56 Å². The number of benzene rings is 2. The van der Waals surface area contributed by atoms with Crippen molar-refractivity contribution in [3.8, 4) is 5.75 Å². The fourth-order valence-electron chi connectivity index (χ4n) is 2.94. The van der Waals surface area contributed by atoms with Gasteiger partial charge in [-0.15, -0.1) is 0 Å². The average Bonchev–Trinajstić information content (AvgIpc) is 2.63. The van der Waals surface area contributed by atoms with E-state index in [9.17, 15) is 13.2 Å². The lowest BCUT2D eigenvalue weighted by Crippen LogP contribution is -2.28. The molecule has 0 aromatic heterocycles. The minimum Gasteiger partial charge on any atom is -0.495 e. The molecule has 146 valence electrons. The molecule has 1 amide bonds. The lowest BCUT2D eigenvalue weighted by atomic mass is 9.96. The number of ether oxygens (including phenoxy) is 1. The maximum absolute atomic E-state index is 12.7. The molecule has 0 aliphatic heterocycles. The summed E-state index contributed by atoms with van der Waals surface area (Å²) in [6.07, 6.45) is 0. The topological polar surface area (TPSA) is 84.5 Å². The second kappa shape index (κ2) is 8.10. The molecule has 0 spiro atoms. The first-order valence-electron chi connectivity index (χ1n) is 8.61. The van der Waals surface area contributed by atoms with Crippen LogP contribution < -0.4 is 14.8 Å². The molecular weight excluding hydrogens is 364 g/mol. The zero-order chi connectivity index (χ0) is 20.4. The molecule has 0 saturated heterocycles. The molecule has 27 heavy (non-hydrogen) atoms. The van der Waals surface area contributed by atoms with Crippen molar-refractivity contribution in [2.75, 3.05) is 14.2 Å². The normalized spacial score (nSPS) is 12.5. The molecule has 0 unspecified atom stereocenters. The van der Waals surface area contributed by atoms with Crippen LogP contribution in [0.2, 0.25) is 0 Å². The molecule has 0 radical (unpaired) electrons. The highest BCUT2D eigenvalue weighted by molar-refractivity contribution is 7.89. The molecule has 2 N–H and O–H groups in total. The third-order valence-electron chi connectivity index (χ3n) is 4.68. The van der Waals surface area contributed by atoms with Gasteiger partial charge in [-0.05, 0) is 75.2 Å². The first-order chi connectivity index (χ1) is 12.6. The zero-order valence-corrected chi connectivity index (χ0v) is 17.3. The van der Waals surface area contributed by atoms with E-state index in [-0.39, 0.29) is 28.2 Å². The minimum atomic E-state index is -3.75. The van der Waals surface area contributed by atoms with Crippen molar-refractivity contribution in [3.63, 3.8) is 0 Å². The molecule has 6 nitrogen and oxygen atoms in total. The predicted molar refractivity (Wildman–Crippen MR) is 106 cm³/mol. The van der Waals surface area contributed by atoms with Crippen molar-refractivity contribution in [2.45, 2.75) is 38.6 Å². The minimum absolute atomic E-state index is 0.0739. The van der Waals surface area contributed by atoms with Gasteiger partial charge in [0.1, 0.15) is 10.6 Å².